The maximum absolute atomic E-state index is 12.8. The summed E-state index contributed by atoms with van der Waals surface area (Å²) in [6.07, 6.45) is -0.846. The highest BCUT2D eigenvalue weighted by Crippen LogP contribution is 2.44. The maximum Gasteiger partial charge on any atom is 0.321 e. The largest absolute Gasteiger partial charge is 0.493 e. The summed E-state index contributed by atoms with van der Waals surface area (Å²) >= 11 is 0. The summed E-state index contributed by atoms with van der Waals surface area (Å²) in [6.45, 7) is 2.78. The number of rotatable bonds is 8. The number of methoxy groups -OCH3 is 1. The van der Waals surface area contributed by atoms with Crippen molar-refractivity contribution in [3.05, 3.63) is 53.1 Å². The van der Waals surface area contributed by atoms with Gasteiger partial charge in [-0.1, -0.05) is 18.2 Å². The van der Waals surface area contributed by atoms with Gasteiger partial charge in [0.25, 0.3) is 0 Å². The molecule has 2 unspecified atom stereocenters. The zero-order valence-electron chi connectivity index (χ0n) is 20.7. The number of aliphatic hydroxyl groups is 1. The lowest BCUT2D eigenvalue weighted by Crippen LogP contribution is -2.33. The predicted octanol–water partition coefficient (Wildman–Crippen LogP) is 3.21. The number of carbonyl (C=O) groups excluding carboxylic acids is 2. The highest BCUT2D eigenvalue weighted by Gasteiger charge is 2.38. The molecule has 34 heavy (non-hydrogen) atoms. The van der Waals surface area contributed by atoms with E-state index in [0.717, 1.165) is 11.1 Å². The molecule has 1 aliphatic heterocycles. The van der Waals surface area contributed by atoms with E-state index in [1.165, 1.54) is 9.80 Å². The fourth-order valence-corrected chi connectivity index (χ4v) is 4.06. The lowest BCUT2D eigenvalue weighted by molar-refractivity contribution is -0.131. The number of hydrogen-bond acceptors (Lipinski definition) is 6. The van der Waals surface area contributed by atoms with Gasteiger partial charge < -0.3 is 29.7 Å². The molecule has 2 atom stereocenters. The fraction of sp³-hybridized carbons (Fsp3) is 0.440. The van der Waals surface area contributed by atoms with Crippen LogP contribution in [0.3, 0.4) is 0 Å². The molecular weight excluding hydrogens is 436 g/mol. The summed E-state index contributed by atoms with van der Waals surface area (Å²) in [5.41, 5.74) is 2.90. The molecular formula is C25H34N4O5. The highest BCUT2D eigenvalue weighted by molar-refractivity contribution is 5.90. The second-order valence-corrected chi connectivity index (χ2v) is 8.60. The first kappa shape index (κ1) is 25.3. The van der Waals surface area contributed by atoms with Crippen molar-refractivity contribution in [2.24, 2.45) is 0 Å². The molecule has 2 aromatic rings. The minimum atomic E-state index is -1.01. The predicted molar refractivity (Wildman–Crippen MR) is 130 cm³/mol. The average Bonchev–Trinajstić information content (AvgIpc) is 3.14. The molecule has 184 valence electrons. The molecule has 0 aromatic heterocycles. The van der Waals surface area contributed by atoms with Crippen molar-refractivity contribution in [2.45, 2.75) is 32.2 Å². The van der Waals surface area contributed by atoms with Gasteiger partial charge in [-0.2, -0.15) is 0 Å². The van der Waals surface area contributed by atoms with E-state index in [4.69, 9.17) is 9.47 Å². The Labute approximate surface area is 200 Å². The molecule has 2 N–H and O–H groups in total. The Morgan fingerprint density at radius 1 is 1.15 bits per heavy atom. The van der Waals surface area contributed by atoms with Gasteiger partial charge in [-0.05, 0) is 36.2 Å². The summed E-state index contributed by atoms with van der Waals surface area (Å²) in [5.74, 6) is 1.11. The quantitative estimate of drug-likeness (QED) is 0.615. The van der Waals surface area contributed by atoms with Crippen molar-refractivity contribution in [2.75, 3.05) is 47.2 Å². The average molecular weight is 471 g/mol. The van der Waals surface area contributed by atoms with E-state index < -0.39 is 12.3 Å². The van der Waals surface area contributed by atoms with Gasteiger partial charge in [0.2, 0.25) is 5.91 Å². The van der Waals surface area contributed by atoms with Gasteiger partial charge >= 0.3 is 6.03 Å². The third-order valence-corrected chi connectivity index (χ3v) is 5.91. The van der Waals surface area contributed by atoms with Crippen molar-refractivity contribution >= 4 is 17.6 Å². The van der Waals surface area contributed by atoms with Gasteiger partial charge in [0.1, 0.15) is 6.23 Å². The molecule has 9 heteroatoms. The highest BCUT2D eigenvalue weighted by atomic mass is 16.5. The number of anilines is 1. The molecule has 0 radical (unpaired) electrons. The van der Waals surface area contributed by atoms with Gasteiger partial charge in [-0.25, -0.2) is 4.79 Å². The molecule has 1 aliphatic rings. The topological polar surface area (TPSA) is 94.6 Å². The molecule has 0 spiro atoms. The van der Waals surface area contributed by atoms with Crippen molar-refractivity contribution in [1.29, 1.82) is 0 Å². The number of hydrogen-bond donors (Lipinski definition) is 2. The van der Waals surface area contributed by atoms with Crippen LogP contribution in [0.5, 0.6) is 11.5 Å². The van der Waals surface area contributed by atoms with Crippen LogP contribution in [0.15, 0.2) is 36.4 Å². The number of amides is 3. The van der Waals surface area contributed by atoms with E-state index in [9.17, 15) is 14.7 Å². The fourth-order valence-electron chi connectivity index (χ4n) is 4.06. The smallest absolute Gasteiger partial charge is 0.321 e. The Morgan fingerprint density at radius 3 is 2.50 bits per heavy atom. The first-order valence-corrected chi connectivity index (χ1v) is 11.2. The van der Waals surface area contributed by atoms with Crippen molar-refractivity contribution < 1.29 is 24.2 Å². The number of ether oxygens (including phenoxy) is 2. The van der Waals surface area contributed by atoms with Crippen LogP contribution in [-0.4, -0.2) is 73.7 Å². The van der Waals surface area contributed by atoms with E-state index in [2.05, 4.69) is 5.32 Å². The standard InChI is InChI=1S/C25H34N4O5/c1-7-34-21-13-16(11-12-20(21)33-6)19(14-22(30)27(2)3)29-15-17-9-8-10-18(23(17)24(29)31)26-25(32)28(4)5/h8-13,19,24,31H,7,14-15H2,1-6H3,(H,26,32). The molecule has 2 aromatic carbocycles. The molecule has 3 rings (SSSR count). The van der Waals surface area contributed by atoms with E-state index in [-0.39, 0.29) is 18.4 Å². The Kier molecular flexibility index (Phi) is 8.01. The molecule has 0 bridgehead atoms. The second kappa shape index (κ2) is 10.8. The zero-order valence-corrected chi connectivity index (χ0v) is 20.7. The van der Waals surface area contributed by atoms with Crippen molar-refractivity contribution in [3.8, 4) is 11.5 Å². The lowest BCUT2D eigenvalue weighted by Gasteiger charge is -2.32. The SMILES string of the molecule is CCOc1cc(C(CC(=O)N(C)C)N2Cc3cccc(NC(=O)N(C)C)c3C2O)ccc1OC. The van der Waals surface area contributed by atoms with Gasteiger partial charge in [-0.15, -0.1) is 0 Å². The summed E-state index contributed by atoms with van der Waals surface area (Å²) in [4.78, 5) is 29.9. The lowest BCUT2D eigenvalue weighted by atomic mass is 10.0. The zero-order chi connectivity index (χ0) is 25.0. The first-order chi connectivity index (χ1) is 16.2. The Hall–Kier alpha value is -3.30. The number of nitrogens with zero attached hydrogens (tertiary/aromatic N) is 3. The van der Waals surface area contributed by atoms with E-state index >= 15 is 0 Å². The Bertz CT molecular complexity index is 1040. The maximum atomic E-state index is 12.8. The monoisotopic (exact) mass is 470 g/mol. The van der Waals surface area contributed by atoms with Crippen LogP contribution in [0, 0.1) is 0 Å². The molecule has 1 heterocycles. The van der Waals surface area contributed by atoms with Gasteiger partial charge in [0.05, 0.1) is 13.7 Å². The summed E-state index contributed by atoms with van der Waals surface area (Å²) in [5, 5.41) is 14.3. The van der Waals surface area contributed by atoms with E-state index in [1.807, 2.05) is 42.2 Å². The van der Waals surface area contributed by atoms with Crippen molar-refractivity contribution in [1.82, 2.24) is 14.7 Å². The number of benzene rings is 2. The minimum Gasteiger partial charge on any atom is -0.493 e. The number of urea groups is 1. The summed E-state index contributed by atoms with van der Waals surface area (Å²) in [6, 6.07) is 10.4. The minimum absolute atomic E-state index is 0.0666. The van der Waals surface area contributed by atoms with Crippen LogP contribution < -0.4 is 14.8 Å². The Morgan fingerprint density at radius 2 is 1.88 bits per heavy atom. The van der Waals surface area contributed by atoms with Crippen LogP contribution in [0.4, 0.5) is 10.5 Å². The van der Waals surface area contributed by atoms with Crippen LogP contribution in [-0.2, 0) is 11.3 Å². The Balaban J connectivity index is 2.01. The molecule has 0 saturated heterocycles. The molecule has 0 aliphatic carbocycles. The van der Waals surface area contributed by atoms with Gasteiger partial charge in [-0.3, -0.25) is 9.69 Å². The van der Waals surface area contributed by atoms with Crippen LogP contribution in [0.25, 0.3) is 0 Å². The first-order valence-electron chi connectivity index (χ1n) is 11.2. The number of carbonyl (C=O) groups is 2. The number of aliphatic hydroxyl groups excluding tert-OH is 1. The van der Waals surface area contributed by atoms with Gasteiger partial charge in [0, 0.05) is 58.4 Å². The third-order valence-electron chi connectivity index (χ3n) is 5.91. The number of nitrogens with one attached hydrogen (secondary N) is 1. The van der Waals surface area contributed by atoms with Crippen LogP contribution >= 0.6 is 0 Å². The van der Waals surface area contributed by atoms with Gasteiger partial charge in [0.15, 0.2) is 11.5 Å². The van der Waals surface area contributed by atoms with E-state index in [0.29, 0.717) is 35.9 Å². The molecule has 3 amide bonds. The van der Waals surface area contributed by atoms with Crippen LogP contribution in [0.1, 0.15) is 42.3 Å². The molecule has 0 saturated carbocycles. The van der Waals surface area contributed by atoms with Crippen LogP contribution in [0.2, 0.25) is 0 Å². The summed E-state index contributed by atoms with van der Waals surface area (Å²) in [7, 11) is 8.31. The second-order valence-electron chi connectivity index (χ2n) is 8.60. The van der Waals surface area contributed by atoms with Crippen molar-refractivity contribution in [3.63, 3.8) is 0 Å². The molecule has 9 nitrogen and oxygen atoms in total. The summed E-state index contributed by atoms with van der Waals surface area (Å²) < 4.78 is 11.2. The third kappa shape index (κ3) is 5.26. The number of fused-ring (bicyclic) bond motifs is 1. The molecule has 0 fully saturated rings. The normalized spacial score (nSPS) is 15.9. The van der Waals surface area contributed by atoms with E-state index in [1.54, 1.807) is 41.4 Å².